The van der Waals surface area contributed by atoms with Gasteiger partial charge in [-0.25, -0.2) is 0 Å². The molecule has 7 heteroatoms. The Morgan fingerprint density at radius 1 is 1.14 bits per heavy atom. The Balaban J connectivity index is 2.49. The van der Waals surface area contributed by atoms with E-state index in [1.54, 1.807) is 19.2 Å². The van der Waals surface area contributed by atoms with Crippen molar-refractivity contribution >= 4 is 23.2 Å². The lowest BCUT2D eigenvalue weighted by atomic mass is 10.2. The summed E-state index contributed by atoms with van der Waals surface area (Å²) in [5.74, 6) is 0.865. The van der Waals surface area contributed by atoms with E-state index >= 15 is 0 Å². The van der Waals surface area contributed by atoms with Crippen molar-refractivity contribution in [2.24, 2.45) is 0 Å². The number of rotatable bonds is 10. The van der Waals surface area contributed by atoms with E-state index in [9.17, 15) is 4.79 Å². The number of benzene rings is 1. The van der Waals surface area contributed by atoms with Crippen LogP contribution in [0.5, 0.6) is 11.5 Å². The Labute approximate surface area is 136 Å². The Kier molecular flexibility index (Phi) is 8.65. The third-order valence-electron chi connectivity index (χ3n) is 2.98. The first-order valence-electron chi connectivity index (χ1n) is 7.03. The second-order valence-corrected chi connectivity index (χ2v) is 4.99. The quantitative estimate of drug-likeness (QED) is 0.644. The van der Waals surface area contributed by atoms with Crippen molar-refractivity contribution in [1.29, 1.82) is 0 Å². The molecule has 0 unspecified atom stereocenters. The molecule has 2 N–H and O–H groups in total. The van der Waals surface area contributed by atoms with Gasteiger partial charge in [0.05, 0.1) is 24.9 Å². The molecule has 6 nitrogen and oxygen atoms in total. The van der Waals surface area contributed by atoms with Crippen molar-refractivity contribution in [2.75, 3.05) is 46.3 Å². The molecule has 124 valence electrons. The Bertz CT molecular complexity index is 483. The molecule has 0 aliphatic rings. The van der Waals surface area contributed by atoms with Gasteiger partial charge in [-0.05, 0) is 13.0 Å². The summed E-state index contributed by atoms with van der Waals surface area (Å²) in [6.45, 7) is 2.13. The molecule has 0 aromatic heterocycles. The van der Waals surface area contributed by atoms with Crippen LogP contribution < -0.4 is 20.1 Å². The fourth-order valence-electron chi connectivity index (χ4n) is 1.84. The minimum Gasteiger partial charge on any atom is -0.495 e. The summed E-state index contributed by atoms with van der Waals surface area (Å²) in [5.41, 5.74) is 0.535. The molecule has 0 saturated heterocycles. The van der Waals surface area contributed by atoms with Crippen molar-refractivity contribution < 1.29 is 19.0 Å². The number of hydrogen-bond donors (Lipinski definition) is 2. The van der Waals surface area contributed by atoms with E-state index in [1.165, 1.54) is 14.2 Å². The zero-order chi connectivity index (χ0) is 16.4. The van der Waals surface area contributed by atoms with E-state index in [0.717, 1.165) is 13.0 Å². The molecule has 1 rings (SSSR count). The average Bonchev–Trinajstić information content (AvgIpc) is 2.52. The summed E-state index contributed by atoms with van der Waals surface area (Å²) in [5, 5.41) is 6.41. The molecular weight excluding hydrogens is 308 g/mol. The molecule has 1 aromatic carbocycles. The summed E-state index contributed by atoms with van der Waals surface area (Å²) >= 11 is 6.02. The van der Waals surface area contributed by atoms with Crippen molar-refractivity contribution in [1.82, 2.24) is 5.32 Å². The molecular formula is C15H23ClN2O4. The summed E-state index contributed by atoms with van der Waals surface area (Å²) in [7, 11) is 4.70. The normalized spacial score (nSPS) is 10.4. The smallest absolute Gasteiger partial charge is 0.225 e. The van der Waals surface area contributed by atoms with E-state index in [1.807, 2.05) is 0 Å². The van der Waals surface area contributed by atoms with Gasteiger partial charge in [0, 0.05) is 38.8 Å². The lowest BCUT2D eigenvalue weighted by Crippen LogP contribution is -2.23. The van der Waals surface area contributed by atoms with Gasteiger partial charge in [-0.3, -0.25) is 4.79 Å². The van der Waals surface area contributed by atoms with Crippen molar-refractivity contribution in [2.45, 2.75) is 12.8 Å². The lowest BCUT2D eigenvalue weighted by molar-refractivity contribution is -0.116. The maximum atomic E-state index is 11.9. The van der Waals surface area contributed by atoms with Crippen LogP contribution in [-0.4, -0.2) is 46.9 Å². The highest BCUT2D eigenvalue weighted by molar-refractivity contribution is 6.32. The maximum absolute atomic E-state index is 11.9. The van der Waals surface area contributed by atoms with E-state index in [4.69, 9.17) is 25.8 Å². The SMILES string of the molecule is COCCCNCCC(=O)Nc1cc(OC)c(Cl)cc1OC. The number of halogens is 1. The maximum Gasteiger partial charge on any atom is 0.225 e. The van der Waals surface area contributed by atoms with E-state index in [0.29, 0.717) is 41.8 Å². The van der Waals surface area contributed by atoms with Crippen molar-refractivity contribution in [3.63, 3.8) is 0 Å². The molecule has 1 aromatic rings. The number of carbonyl (C=O) groups is 1. The van der Waals surface area contributed by atoms with Gasteiger partial charge in [-0.15, -0.1) is 0 Å². The van der Waals surface area contributed by atoms with Crippen molar-refractivity contribution in [3.8, 4) is 11.5 Å². The minimum absolute atomic E-state index is 0.109. The third kappa shape index (κ3) is 6.09. The summed E-state index contributed by atoms with van der Waals surface area (Å²) in [6.07, 6.45) is 1.28. The molecule has 0 spiro atoms. The fourth-order valence-corrected chi connectivity index (χ4v) is 2.07. The zero-order valence-electron chi connectivity index (χ0n) is 13.2. The van der Waals surface area contributed by atoms with Crippen LogP contribution in [0.1, 0.15) is 12.8 Å². The highest BCUT2D eigenvalue weighted by Gasteiger charge is 2.12. The predicted molar refractivity (Wildman–Crippen MR) is 87.2 cm³/mol. The van der Waals surface area contributed by atoms with Gasteiger partial charge in [0.15, 0.2) is 0 Å². The Morgan fingerprint density at radius 3 is 2.50 bits per heavy atom. The molecule has 0 radical (unpaired) electrons. The zero-order valence-corrected chi connectivity index (χ0v) is 14.0. The van der Waals surface area contributed by atoms with Crippen LogP contribution >= 0.6 is 11.6 Å². The van der Waals surface area contributed by atoms with Crippen molar-refractivity contribution in [3.05, 3.63) is 17.2 Å². The van der Waals surface area contributed by atoms with Gasteiger partial charge in [0.25, 0.3) is 0 Å². The molecule has 0 aliphatic heterocycles. The van der Waals surface area contributed by atoms with Crippen LogP contribution in [0.3, 0.4) is 0 Å². The lowest BCUT2D eigenvalue weighted by Gasteiger charge is -2.13. The van der Waals surface area contributed by atoms with E-state index < -0.39 is 0 Å². The first kappa shape index (κ1) is 18.5. The summed E-state index contributed by atoms with van der Waals surface area (Å²) < 4.78 is 15.3. The third-order valence-corrected chi connectivity index (χ3v) is 3.27. The molecule has 0 heterocycles. The van der Waals surface area contributed by atoms with E-state index in [-0.39, 0.29) is 5.91 Å². The minimum atomic E-state index is -0.109. The van der Waals surface area contributed by atoms with Gasteiger partial charge in [0.2, 0.25) is 5.91 Å². The first-order chi connectivity index (χ1) is 10.6. The van der Waals surface area contributed by atoms with Gasteiger partial charge in [0.1, 0.15) is 11.5 Å². The molecule has 0 fully saturated rings. The first-order valence-corrected chi connectivity index (χ1v) is 7.41. The number of carbonyl (C=O) groups excluding carboxylic acids is 1. The molecule has 0 saturated carbocycles. The number of amides is 1. The van der Waals surface area contributed by atoms with E-state index in [2.05, 4.69) is 10.6 Å². The fraction of sp³-hybridized carbons (Fsp3) is 0.533. The highest BCUT2D eigenvalue weighted by Crippen LogP contribution is 2.35. The van der Waals surface area contributed by atoms with Crippen LogP contribution in [0.4, 0.5) is 5.69 Å². The predicted octanol–water partition coefficient (Wildman–Crippen LogP) is 2.31. The molecule has 0 aliphatic carbocycles. The van der Waals surface area contributed by atoms with Gasteiger partial charge >= 0.3 is 0 Å². The second kappa shape index (κ2) is 10.3. The van der Waals surface area contributed by atoms with Gasteiger partial charge in [-0.1, -0.05) is 11.6 Å². The topological polar surface area (TPSA) is 68.8 Å². The standard InChI is InChI=1S/C15H23ClN2O4/c1-20-8-4-6-17-7-5-15(19)18-12-10-13(21-2)11(16)9-14(12)22-3/h9-10,17H,4-8H2,1-3H3,(H,18,19). The Morgan fingerprint density at radius 2 is 1.86 bits per heavy atom. The average molecular weight is 331 g/mol. The number of anilines is 1. The summed E-state index contributed by atoms with van der Waals surface area (Å²) in [6, 6.07) is 3.25. The van der Waals surface area contributed by atoms with Crippen LogP contribution in [0.25, 0.3) is 0 Å². The molecule has 0 atom stereocenters. The monoisotopic (exact) mass is 330 g/mol. The molecule has 1 amide bonds. The number of nitrogens with one attached hydrogen (secondary N) is 2. The van der Waals surface area contributed by atoms with Crippen LogP contribution in [0, 0.1) is 0 Å². The highest BCUT2D eigenvalue weighted by atomic mass is 35.5. The van der Waals surface area contributed by atoms with Crippen LogP contribution in [0.15, 0.2) is 12.1 Å². The second-order valence-electron chi connectivity index (χ2n) is 4.58. The molecule has 0 bridgehead atoms. The molecule has 22 heavy (non-hydrogen) atoms. The number of methoxy groups -OCH3 is 3. The van der Waals surface area contributed by atoms with Gasteiger partial charge in [-0.2, -0.15) is 0 Å². The van der Waals surface area contributed by atoms with Crippen LogP contribution in [0.2, 0.25) is 5.02 Å². The Hall–Kier alpha value is -1.50. The number of hydrogen-bond acceptors (Lipinski definition) is 5. The largest absolute Gasteiger partial charge is 0.495 e. The number of ether oxygens (including phenoxy) is 3. The summed E-state index contributed by atoms with van der Waals surface area (Å²) in [4.78, 5) is 11.9. The van der Waals surface area contributed by atoms with Gasteiger partial charge < -0.3 is 24.8 Å². The van der Waals surface area contributed by atoms with Crippen LogP contribution in [-0.2, 0) is 9.53 Å².